The Balaban J connectivity index is 1.50. The van der Waals surface area contributed by atoms with Gasteiger partial charge in [0.2, 0.25) is 0 Å². The zero-order valence-corrected chi connectivity index (χ0v) is 13.0. The highest BCUT2D eigenvalue weighted by Gasteiger charge is 2.02. The Morgan fingerprint density at radius 3 is 2.83 bits per heavy atom. The normalized spacial score (nSPS) is 11.3. The number of nitrogens with zero attached hydrogens (tertiary/aromatic N) is 1. The molecule has 0 spiro atoms. The van der Waals surface area contributed by atoms with Crippen molar-refractivity contribution in [2.45, 2.75) is 0 Å². The molecule has 2 aromatic carbocycles. The molecule has 3 rings (SSSR count). The summed E-state index contributed by atoms with van der Waals surface area (Å²) in [5.74, 6) is 0.510. The lowest BCUT2D eigenvalue weighted by atomic mass is 10.1. The summed E-state index contributed by atoms with van der Waals surface area (Å²) in [5.41, 5.74) is 3.39. The summed E-state index contributed by atoms with van der Waals surface area (Å²) in [6.07, 6.45) is 6.54. The van der Waals surface area contributed by atoms with Gasteiger partial charge in [-0.25, -0.2) is 5.43 Å². The quantitative estimate of drug-likeness (QED) is 0.538. The van der Waals surface area contributed by atoms with Gasteiger partial charge in [0.25, 0.3) is 5.91 Å². The molecule has 0 saturated heterocycles. The molecule has 0 saturated carbocycles. The fraction of sp³-hybridized carbons (Fsp3) is 0.0526. The molecule has 3 aromatic rings. The van der Waals surface area contributed by atoms with Crippen molar-refractivity contribution < 1.29 is 9.21 Å². The number of anilines is 1. The van der Waals surface area contributed by atoms with Crippen molar-refractivity contribution in [2.75, 3.05) is 11.9 Å². The average Bonchev–Trinajstić information content (AvgIpc) is 3.13. The van der Waals surface area contributed by atoms with E-state index < -0.39 is 0 Å². The van der Waals surface area contributed by atoms with Crippen LogP contribution in [0.3, 0.4) is 0 Å². The van der Waals surface area contributed by atoms with Gasteiger partial charge in [-0.3, -0.25) is 4.79 Å². The highest BCUT2D eigenvalue weighted by molar-refractivity contribution is 5.95. The fourth-order valence-electron chi connectivity index (χ4n) is 2.27. The minimum Gasteiger partial charge on any atom is -0.465 e. The van der Waals surface area contributed by atoms with Gasteiger partial charge in [0.15, 0.2) is 0 Å². The van der Waals surface area contributed by atoms with Crippen LogP contribution in [0, 0.1) is 0 Å². The first-order valence-electron chi connectivity index (χ1n) is 7.56. The highest BCUT2D eigenvalue weighted by atomic mass is 16.3. The molecule has 1 amide bonds. The Bertz CT molecular complexity index is 862. The summed E-state index contributed by atoms with van der Waals surface area (Å²) in [7, 11) is 0. The molecule has 5 heteroatoms. The van der Waals surface area contributed by atoms with Crippen LogP contribution in [0.2, 0.25) is 0 Å². The first-order valence-corrected chi connectivity index (χ1v) is 7.56. The number of carbonyl (C=O) groups is 1. The molecule has 120 valence electrons. The third-order valence-corrected chi connectivity index (χ3v) is 3.38. The van der Waals surface area contributed by atoms with Crippen molar-refractivity contribution in [3.05, 3.63) is 72.7 Å². The summed E-state index contributed by atoms with van der Waals surface area (Å²) in [6, 6.07) is 17.6. The zero-order valence-electron chi connectivity index (χ0n) is 13.0. The van der Waals surface area contributed by atoms with Crippen LogP contribution in [0.5, 0.6) is 0 Å². The number of hydrogen-bond acceptors (Lipinski definition) is 4. The minimum absolute atomic E-state index is 0.146. The summed E-state index contributed by atoms with van der Waals surface area (Å²) in [6.45, 7) is 0.146. The second-order valence-electron chi connectivity index (χ2n) is 5.07. The van der Waals surface area contributed by atoms with Crippen LogP contribution in [0.25, 0.3) is 16.8 Å². The van der Waals surface area contributed by atoms with Crippen LogP contribution in [0.15, 0.2) is 76.5 Å². The van der Waals surface area contributed by atoms with E-state index in [1.54, 1.807) is 24.5 Å². The van der Waals surface area contributed by atoms with Crippen LogP contribution >= 0.6 is 0 Å². The topological polar surface area (TPSA) is 66.6 Å². The minimum atomic E-state index is -0.217. The summed E-state index contributed by atoms with van der Waals surface area (Å²) < 4.78 is 5.14. The number of hydrazone groups is 1. The lowest BCUT2D eigenvalue weighted by Crippen LogP contribution is -2.25. The third-order valence-electron chi connectivity index (χ3n) is 3.38. The maximum absolute atomic E-state index is 11.8. The number of allylic oxidation sites excluding steroid dienone is 1. The molecular weight excluding hydrogens is 302 g/mol. The Labute approximate surface area is 139 Å². The molecule has 0 aliphatic rings. The van der Waals surface area contributed by atoms with Gasteiger partial charge in [0, 0.05) is 17.3 Å². The Morgan fingerprint density at radius 1 is 1.08 bits per heavy atom. The molecule has 2 N–H and O–H groups in total. The van der Waals surface area contributed by atoms with E-state index in [-0.39, 0.29) is 12.5 Å². The van der Waals surface area contributed by atoms with Crippen molar-refractivity contribution in [3.63, 3.8) is 0 Å². The van der Waals surface area contributed by atoms with Crippen molar-refractivity contribution in [3.8, 4) is 0 Å². The monoisotopic (exact) mass is 319 g/mol. The summed E-state index contributed by atoms with van der Waals surface area (Å²) in [4.78, 5) is 11.8. The first-order chi connectivity index (χ1) is 11.8. The smallest absolute Gasteiger partial charge is 0.259 e. The Morgan fingerprint density at radius 2 is 1.96 bits per heavy atom. The van der Waals surface area contributed by atoms with Gasteiger partial charge in [-0.1, -0.05) is 36.4 Å². The number of hydrogen-bond donors (Lipinski definition) is 2. The lowest BCUT2D eigenvalue weighted by molar-refractivity contribution is -0.119. The standard InChI is InChI=1S/C19H17N3O2/c23-19(22-21-12-4-8-16-9-5-13-24-16)14-20-18-11-3-7-15-6-1-2-10-17(15)18/h1-13,20H,14H2,(H,22,23)/b8-4+,21-12-. The molecule has 5 nitrogen and oxygen atoms in total. The zero-order chi connectivity index (χ0) is 16.6. The van der Waals surface area contributed by atoms with Crippen LogP contribution in [0.4, 0.5) is 5.69 Å². The molecule has 0 bridgehead atoms. The van der Waals surface area contributed by atoms with E-state index >= 15 is 0 Å². The average molecular weight is 319 g/mol. The van der Waals surface area contributed by atoms with Crippen molar-refractivity contribution in [1.82, 2.24) is 5.43 Å². The van der Waals surface area contributed by atoms with Gasteiger partial charge in [0.1, 0.15) is 5.76 Å². The van der Waals surface area contributed by atoms with E-state index in [1.807, 2.05) is 48.5 Å². The van der Waals surface area contributed by atoms with Crippen molar-refractivity contribution in [1.29, 1.82) is 0 Å². The number of amides is 1. The molecule has 1 heterocycles. The van der Waals surface area contributed by atoms with E-state index in [9.17, 15) is 4.79 Å². The SMILES string of the molecule is O=C(CNc1cccc2ccccc12)N/N=C\C=C\c1ccco1. The van der Waals surface area contributed by atoms with E-state index in [2.05, 4.69) is 15.8 Å². The molecular formula is C19H17N3O2. The maximum atomic E-state index is 11.8. The van der Waals surface area contributed by atoms with Gasteiger partial charge in [-0.15, -0.1) is 0 Å². The first kappa shape index (κ1) is 15.6. The van der Waals surface area contributed by atoms with Crippen LogP contribution in [-0.2, 0) is 4.79 Å². The molecule has 0 radical (unpaired) electrons. The molecule has 0 fully saturated rings. The number of carbonyl (C=O) groups excluding carboxylic acids is 1. The van der Waals surface area contributed by atoms with E-state index in [0.29, 0.717) is 0 Å². The Kier molecular flexibility index (Phi) is 5.04. The third kappa shape index (κ3) is 4.10. The Hall–Kier alpha value is -3.34. The predicted octanol–water partition coefficient (Wildman–Crippen LogP) is 3.66. The summed E-state index contributed by atoms with van der Waals surface area (Å²) in [5, 5.41) is 9.19. The van der Waals surface area contributed by atoms with Crippen LogP contribution in [0.1, 0.15) is 5.76 Å². The highest BCUT2D eigenvalue weighted by Crippen LogP contribution is 2.22. The van der Waals surface area contributed by atoms with Gasteiger partial charge in [-0.2, -0.15) is 5.10 Å². The maximum Gasteiger partial charge on any atom is 0.259 e. The molecule has 1 aromatic heterocycles. The van der Waals surface area contributed by atoms with Crippen molar-refractivity contribution in [2.24, 2.45) is 5.10 Å². The largest absolute Gasteiger partial charge is 0.465 e. The lowest BCUT2D eigenvalue weighted by Gasteiger charge is -2.08. The second kappa shape index (κ2) is 7.78. The summed E-state index contributed by atoms with van der Waals surface area (Å²) >= 11 is 0. The fourth-order valence-corrected chi connectivity index (χ4v) is 2.27. The van der Waals surface area contributed by atoms with E-state index in [4.69, 9.17) is 4.42 Å². The van der Waals surface area contributed by atoms with Gasteiger partial charge >= 0.3 is 0 Å². The van der Waals surface area contributed by atoms with Crippen molar-refractivity contribution >= 4 is 34.7 Å². The van der Waals surface area contributed by atoms with E-state index in [0.717, 1.165) is 22.2 Å². The number of benzene rings is 2. The van der Waals surface area contributed by atoms with E-state index in [1.165, 1.54) is 6.21 Å². The predicted molar refractivity (Wildman–Crippen MR) is 96.8 cm³/mol. The molecule has 0 unspecified atom stereocenters. The number of rotatable bonds is 6. The van der Waals surface area contributed by atoms with Crippen LogP contribution in [-0.4, -0.2) is 18.7 Å². The molecule has 0 atom stereocenters. The van der Waals surface area contributed by atoms with Gasteiger partial charge < -0.3 is 9.73 Å². The number of nitrogens with one attached hydrogen (secondary N) is 2. The number of furan rings is 1. The number of fused-ring (bicyclic) bond motifs is 1. The molecule has 24 heavy (non-hydrogen) atoms. The second-order valence-corrected chi connectivity index (χ2v) is 5.07. The van der Waals surface area contributed by atoms with Gasteiger partial charge in [0.05, 0.1) is 12.8 Å². The van der Waals surface area contributed by atoms with Gasteiger partial charge in [-0.05, 0) is 35.7 Å². The van der Waals surface area contributed by atoms with Crippen LogP contribution < -0.4 is 10.7 Å². The molecule has 0 aliphatic carbocycles. The molecule has 0 aliphatic heterocycles.